The molecule has 2 atom stereocenters. The molecule has 2 saturated heterocycles. The molecule has 2 heterocycles. The zero-order valence-electron chi connectivity index (χ0n) is 7.69. The van der Waals surface area contributed by atoms with Crippen molar-refractivity contribution in [1.29, 1.82) is 0 Å². The monoisotopic (exact) mass is 188 g/mol. The molecule has 2 rings (SSSR count). The third-order valence-electron chi connectivity index (χ3n) is 3.22. The maximum atomic E-state index is 12.0. The molecule has 0 aromatic carbocycles. The maximum Gasteiger partial charge on any atom is 0.0495 e. The molecule has 0 aliphatic carbocycles. The molecule has 2 aliphatic heterocycles. The molecule has 0 aromatic rings. The number of rotatable bonds is 0. The Morgan fingerprint density at radius 1 is 1.33 bits per heavy atom. The fourth-order valence-electron chi connectivity index (χ4n) is 2.31. The van der Waals surface area contributed by atoms with Crippen LogP contribution in [0.15, 0.2) is 4.36 Å². The van der Waals surface area contributed by atoms with E-state index in [0.29, 0.717) is 12.1 Å². The lowest BCUT2D eigenvalue weighted by molar-refractivity contribution is 0.261. The molecule has 0 aromatic heterocycles. The normalized spacial score (nSPS) is 47.8. The number of fused-ring (bicyclic) bond motifs is 2. The van der Waals surface area contributed by atoms with Crippen molar-refractivity contribution in [3.63, 3.8) is 0 Å². The summed E-state index contributed by atoms with van der Waals surface area (Å²) < 4.78 is 16.0. The smallest absolute Gasteiger partial charge is 0.0495 e. The molecule has 2 aliphatic rings. The van der Waals surface area contributed by atoms with E-state index in [9.17, 15) is 4.21 Å². The van der Waals surface area contributed by atoms with Crippen LogP contribution in [0.2, 0.25) is 0 Å². The number of hydrogen-bond acceptors (Lipinski definition) is 3. The topological polar surface area (TPSA) is 32.7 Å². The first-order valence-electron chi connectivity index (χ1n) is 4.47. The lowest BCUT2D eigenvalue weighted by Gasteiger charge is -2.32. The molecule has 0 spiro atoms. The van der Waals surface area contributed by atoms with Gasteiger partial charge in [-0.25, -0.2) is 8.57 Å². The maximum absolute atomic E-state index is 12.0. The molecular weight excluding hydrogens is 172 g/mol. The molecular formula is C8H16N2OS. The van der Waals surface area contributed by atoms with Gasteiger partial charge < -0.3 is 0 Å². The first-order valence-corrected chi connectivity index (χ1v) is 6.32. The van der Waals surface area contributed by atoms with Crippen LogP contribution >= 0.6 is 0 Å². The van der Waals surface area contributed by atoms with Gasteiger partial charge in [0.1, 0.15) is 0 Å². The number of nitrogens with zero attached hydrogens (tertiary/aromatic N) is 2. The Kier molecular flexibility index (Phi) is 1.92. The van der Waals surface area contributed by atoms with E-state index in [0.717, 1.165) is 11.5 Å². The molecule has 2 bridgehead atoms. The second kappa shape index (κ2) is 2.70. The second-order valence-corrected chi connectivity index (χ2v) is 6.42. The van der Waals surface area contributed by atoms with Gasteiger partial charge in [-0.2, -0.15) is 0 Å². The van der Waals surface area contributed by atoms with Gasteiger partial charge in [-0.1, -0.05) is 0 Å². The summed E-state index contributed by atoms with van der Waals surface area (Å²) >= 11 is 0. The predicted molar refractivity (Wildman–Crippen MR) is 50.8 cm³/mol. The molecule has 2 fully saturated rings. The average molecular weight is 188 g/mol. The van der Waals surface area contributed by atoms with E-state index >= 15 is 0 Å². The van der Waals surface area contributed by atoms with Crippen molar-refractivity contribution in [3.05, 3.63) is 0 Å². The molecule has 0 radical (unpaired) electrons. The average Bonchev–Trinajstić information content (AvgIpc) is 2.32. The molecule has 4 heteroatoms. The predicted octanol–water partition coefficient (Wildman–Crippen LogP) is 0.561. The van der Waals surface area contributed by atoms with Crippen molar-refractivity contribution in [2.75, 3.05) is 25.6 Å². The Hall–Kier alpha value is -0.0900. The standard InChI is InChI=1S/C8H16N2OS/c1-9-12(11)5-7-3-4-8(6-12)10(7)2/h7-8H,3-6H2,1-2H3. The zero-order valence-corrected chi connectivity index (χ0v) is 8.51. The van der Waals surface area contributed by atoms with Crippen molar-refractivity contribution >= 4 is 9.73 Å². The molecule has 12 heavy (non-hydrogen) atoms. The van der Waals surface area contributed by atoms with Crippen LogP contribution in [-0.4, -0.2) is 46.8 Å². The zero-order chi connectivity index (χ0) is 8.77. The van der Waals surface area contributed by atoms with Crippen LogP contribution in [0.4, 0.5) is 0 Å². The van der Waals surface area contributed by atoms with Crippen LogP contribution in [-0.2, 0) is 9.73 Å². The third kappa shape index (κ3) is 1.17. The Labute approximate surface area is 74.3 Å². The van der Waals surface area contributed by atoms with Gasteiger partial charge in [0.25, 0.3) is 0 Å². The van der Waals surface area contributed by atoms with E-state index in [1.807, 2.05) is 0 Å². The van der Waals surface area contributed by atoms with Gasteiger partial charge in [-0.05, 0) is 19.9 Å². The third-order valence-corrected chi connectivity index (χ3v) is 5.70. The summed E-state index contributed by atoms with van der Waals surface area (Å²) in [6, 6.07) is 1.08. The van der Waals surface area contributed by atoms with Crippen LogP contribution < -0.4 is 0 Å². The molecule has 3 nitrogen and oxygen atoms in total. The molecule has 70 valence electrons. The van der Waals surface area contributed by atoms with E-state index in [1.165, 1.54) is 12.8 Å². The first-order chi connectivity index (χ1) is 5.64. The molecule has 0 amide bonds. The van der Waals surface area contributed by atoms with Crippen LogP contribution in [0, 0.1) is 0 Å². The lowest BCUT2D eigenvalue weighted by Crippen LogP contribution is -2.46. The Balaban J connectivity index is 2.29. The van der Waals surface area contributed by atoms with Crippen molar-refractivity contribution in [1.82, 2.24) is 4.90 Å². The Morgan fingerprint density at radius 2 is 1.83 bits per heavy atom. The van der Waals surface area contributed by atoms with E-state index < -0.39 is 9.73 Å². The minimum atomic E-state index is -1.81. The van der Waals surface area contributed by atoms with Gasteiger partial charge in [0.05, 0.1) is 0 Å². The highest BCUT2D eigenvalue weighted by Crippen LogP contribution is 2.30. The highest BCUT2D eigenvalue weighted by atomic mass is 32.2. The van der Waals surface area contributed by atoms with Gasteiger partial charge in [-0.15, -0.1) is 0 Å². The van der Waals surface area contributed by atoms with Gasteiger partial charge in [-0.3, -0.25) is 4.90 Å². The number of hydrogen-bond donors (Lipinski definition) is 0. The fraction of sp³-hybridized carbons (Fsp3) is 1.00. The highest BCUT2D eigenvalue weighted by Gasteiger charge is 2.39. The second-order valence-electron chi connectivity index (χ2n) is 3.84. The summed E-state index contributed by atoms with van der Waals surface area (Å²) in [4.78, 5) is 2.38. The van der Waals surface area contributed by atoms with Crippen LogP contribution in [0.25, 0.3) is 0 Å². The molecule has 0 N–H and O–H groups in total. The summed E-state index contributed by atoms with van der Waals surface area (Å²) in [7, 11) is 2.04. The summed E-state index contributed by atoms with van der Waals surface area (Å²) in [5, 5.41) is 0. The molecule has 0 saturated carbocycles. The quantitative estimate of drug-likeness (QED) is 0.556. The van der Waals surface area contributed by atoms with Gasteiger partial charge in [0, 0.05) is 40.4 Å². The summed E-state index contributed by atoms with van der Waals surface area (Å²) in [5.41, 5.74) is 0. The minimum Gasteiger partial charge on any atom is -0.299 e. The van der Waals surface area contributed by atoms with Crippen molar-refractivity contribution < 1.29 is 4.21 Å². The van der Waals surface area contributed by atoms with E-state index in [1.54, 1.807) is 7.05 Å². The van der Waals surface area contributed by atoms with E-state index in [-0.39, 0.29) is 0 Å². The Bertz CT molecular complexity index is 273. The van der Waals surface area contributed by atoms with Gasteiger partial charge in [0.15, 0.2) is 0 Å². The van der Waals surface area contributed by atoms with Crippen LogP contribution in [0.1, 0.15) is 12.8 Å². The molecule has 2 unspecified atom stereocenters. The summed E-state index contributed by atoms with van der Waals surface area (Å²) in [6.45, 7) is 0. The van der Waals surface area contributed by atoms with E-state index in [2.05, 4.69) is 16.3 Å². The summed E-state index contributed by atoms with van der Waals surface area (Å²) in [5.74, 6) is 1.60. The fourth-order valence-corrected chi connectivity index (χ4v) is 4.75. The lowest BCUT2D eigenvalue weighted by atomic mass is 10.2. The van der Waals surface area contributed by atoms with Crippen LogP contribution in [0.3, 0.4) is 0 Å². The van der Waals surface area contributed by atoms with Gasteiger partial charge in [0.2, 0.25) is 0 Å². The Morgan fingerprint density at radius 3 is 2.25 bits per heavy atom. The highest BCUT2D eigenvalue weighted by molar-refractivity contribution is 7.93. The largest absolute Gasteiger partial charge is 0.299 e. The van der Waals surface area contributed by atoms with Crippen molar-refractivity contribution in [3.8, 4) is 0 Å². The van der Waals surface area contributed by atoms with Gasteiger partial charge >= 0.3 is 0 Å². The SMILES string of the molecule is CN=S1(=O)CC2CCC(C1)N2C. The van der Waals surface area contributed by atoms with Crippen molar-refractivity contribution in [2.24, 2.45) is 4.36 Å². The summed E-state index contributed by atoms with van der Waals surface area (Å²) in [6.07, 6.45) is 2.43. The van der Waals surface area contributed by atoms with E-state index in [4.69, 9.17) is 0 Å². The van der Waals surface area contributed by atoms with Crippen molar-refractivity contribution in [2.45, 2.75) is 24.9 Å². The minimum absolute atomic E-state index is 0.542. The first kappa shape index (κ1) is 8.51. The van der Waals surface area contributed by atoms with Crippen LogP contribution in [0.5, 0.6) is 0 Å².